The van der Waals surface area contributed by atoms with Gasteiger partial charge in [-0.05, 0) is 50.2 Å². The van der Waals surface area contributed by atoms with Crippen molar-refractivity contribution in [2.45, 2.75) is 13.8 Å². The Kier molecular flexibility index (Phi) is 5.14. The van der Waals surface area contributed by atoms with Crippen molar-refractivity contribution < 1.29 is 14.3 Å². The van der Waals surface area contributed by atoms with Gasteiger partial charge in [0.1, 0.15) is 17.2 Å². The van der Waals surface area contributed by atoms with Gasteiger partial charge in [0.05, 0.1) is 6.61 Å². The highest BCUT2D eigenvalue weighted by molar-refractivity contribution is 6.09. The van der Waals surface area contributed by atoms with Crippen LogP contribution in [0.1, 0.15) is 28.4 Å². The van der Waals surface area contributed by atoms with Crippen molar-refractivity contribution in [2.75, 3.05) is 6.61 Å². The van der Waals surface area contributed by atoms with Crippen LogP contribution in [0.3, 0.4) is 0 Å². The fraction of sp³-hybridized carbons (Fsp3) is 0.136. The van der Waals surface area contributed by atoms with E-state index in [2.05, 4.69) is 0 Å². The molecule has 0 amide bonds. The number of ketones is 1. The van der Waals surface area contributed by atoms with Gasteiger partial charge in [0, 0.05) is 17.2 Å². The lowest BCUT2D eigenvalue weighted by Crippen LogP contribution is -2.01. The van der Waals surface area contributed by atoms with Crippen LogP contribution >= 0.6 is 0 Å². The average Bonchev–Trinajstić information content (AvgIpc) is 2.63. The smallest absolute Gasteiger partial charge is 0.193 e. The molecule has 3 aromatic carbocycles. The minimum absolute atomic E-state index is 0.00453. The molecule has 0 aliphatic carbocycles. The van der Waals surface area contributed by atoms with Gasteiger partial charge in [0.2, 0.25) is 0 Å². The highest BCUT2D eigenvalue weighted by atomic mass is 16.5. The molecule has 0 aromatic heterocycles. The monoisotopic (exact) mass is 332 g/mol. The predicted octanol–water partition coefficient (Wildman–Crippen LogP) is 5.42. The van der Waals surface area contributed by atoms with Crippen LogP contribution in [0, 0.1) is 6.92 Å². The Morgan fingerprint density at radius 1 is 0.800 bits per heavy atom. The summed E-state index contributed by atoms with van der Waals surface area (Å²) in [5.41, 5.74) is 2.46. The number of hydrogen-bond donors (Lipinski definition) is 0. The zero-order valence-corrected chi connectivity index (χ0v) is 14.4. The minimum atomic E-state index is 0.00453. The maximum Gasteiger partial charge on any atom is 0.193 e. The largest absolute Gasteiger partial charge is 0.494 e. The van der Waals surface area contributed by atoms with Crippen LogP contribution in [0.4, 0.5) is 0 Å². The van der Waals surface area contributed by atoms with Gasteiger partial charge in [0.25, 0.3) is 0 Å². The van der Waals surface area contributed by atoms with Gasteiger partial charge in [-0.3, -0.25) is 4.79 Å². The second-order valence-electron chi connectivity index (χ2n) is 5.73. The molecular formula is C22H20O3. The summed E-state index contributed by atoms with van der Waals surface area (Å²) >= 11 is 0. The third-order valence-electron chi connectivity index (χ3n) is 3.78. The first-order valence-corrected chi connectivity index (χ1v) is 8.28. The van der Waals surface area contributed by atoms with Gasteiger partial charge in [-0.2, -0.15) is 0 Å². The van der Waals surface area contributed by atoms with Crippen LogP contribution in [0.5, 0.6) is 17.2 Å². The molecule has 3 aromatic rings. The lowest BCUT2D eigenvalue weighted by Gasteiger charge is -2.09. The molecule has 0 unspecified atom stereocenters. The summed E-state index contributed by atoms with van der Waals surface area (Å²) < 4.78 is 11.3. The molecule has 0 bridgehead atoms. The van der Waals surface area contributed by atoms with E-state index < -0.39 is 0 Å². The fourth-order valence-corrected chi connectivity index (χ4v) is 2.48. The molecule has 0 saturated heterocycles. The summed E-state index contributed by atoms with van der Waals surface area (Å²) in [6, 6.07) is 22.2. The van der Waals surface area contributed by atoms with Crippen molar-refractivity contribution in [3.63, 3.8) is 0 Å². The van der Waals surface area contributed by atoms with Crippen molar-refractivity contribution in [3.05, 3.63) is 89.5 Å². The van der Waals surface area contributed by atoms with Gasteiger partial charge in [-0.25, -0.2) is 0 Å². The van der Waals surface area contributed by atoms with E-state index in [9.17, 15) is 4.79 Å². The SMILES string of the molecule is CCOc1cccc(Oc2ccc(C(=O)c3ccc(C)cc3)cc2)c1. The molecule has 0 radical (unpaired) electrons. The third-order valence-corrected chi connectivity index (χ3v) is 3.78. The molecular weight excluding hydrogens is 312 g/mol. The maximum absolute atomic E-state index is 12.5. The van der Waals surface area contributed by atoms with Gasteiger partial charge < -0.3 is 9.47 Å². The summed E-state index contributed by atoms with van der Waals surface area (Å²) in [5.74, 6) is 2.15. The van der Waals surface area contributed by atoms with Gasteiger partial charge >= 0.3 is 0 Å². The number of carbonyl (C=O) groups is 1. The molecule has 0 aliphatic rings. The minimum Gasteiger partial charge on any atom is -0.494 e. The molecule has 0 aliphatic heterocycles. The summed E-state index contributed by atoms with van der Waals surface area (Å²) in [5, 5.41) is 0. The van der Waals surface area contributed by atoms with E-state index in [1.807, 2.05) is 62.4 Å². The molecule has 3 rings (SSSR count). The second kappa shape index (κ2) is 7.67. The van der Waals surface area contributed by atoms with Gasteiger partial charge in [-0.15, -0.1) is 0 Å². The molecule has 0 N–H and O–H groups in total. The van der Waals surface area contributed by atoms with Crippen LogP contribution in [-0.2, 0) is 0 Å². The number of carbonyl (C=O) groups excluding carboxylic acids is 1. The van der Waals surface area contributed by atoms with E-state index in [-0.39, 0.29) is 5.78 Å². The standard InChI is InChI=1S/C22H20O3/c1-3-24-20-5-4-6-21(15-20)25-19-13-11-18(12-14-19)22(23)17-9-7-16(2)8-10-17/h4-15H,3H2,1-2H3. The molecule has 0 heterocycles. The number of ether oxygens (including phenoxy) is 2. The number of aryl methyl sites for hydroxylation is 1. The Balaban J connectivity index is 1.72. The Bertz CT molecular complexity index is 849. The first-order chi connectivity index (χ1) is 12.2. The number of hydrogen-bond acceptors (Lipinski definition) is 3. The summed E-state index contributed by atoms with van der Waals surface area (Å²) in [6.07, 6.45) is 0. The summed E-state index contributed by atoms with van der Waals surface area (Å²) in [6.45, 7) is 4.55. The van der Waals surface area contributed by atoms with Crippen molar-refractivity contribution in [3.8, 4) is 17.2 Å². The van der Waals surface area contributed by atoms with Crippen molar-refractivity contribution in [1.82, 2.24) is 0 Å². The molecule has 25 heavy (non-hydrogen) atoms. The molecule has 3 nitrogen and oxygen atoms in total. The molecule has 0 saturated carbocycles. The van der Waals surface area contributed by atoms with Crippen LogP contribution < -0.4 is 9.47 Å². The normalized spacial score (nSPS) is 10.3. The van der Waals surface area contributed by atoms with E-state index in [0.717, 1.165) is 11.3 Å². The first kappa shape index (κ1) is 16.8. The number of rotatable bonds is 6. The zero-order valence-electron chi connectivity index (χ0n) is 14.4. The van der Waals surface area contributed by atoms with E-state index in [1.54, 1.807) is 24.3 Å². The Hall–Kier alpha value is -3.07. The lowest BCUT2D eigenvalue weighted by molar-refractivity contribution is 0.103. The van der Waals surface area contributed by atoms with E-state index in [0.29, 0.717) is 29.2 Å². The van der Waals surface area contributed by atoms with Crippen molar-refractivity contribution >= 4 is 5.78 Å². The van der Waals surface area contributed by atoms with Crippen LogP contribution in [0.15, 0.2) is 72.8 Å². The van der Waals surface area contributed by atoms with Crippen LogP contribution in [0.2, 0.25) is 0 Å². The summed E-state index contributed by atoms with van der Waals surface area (Å²) in [4.78, 5) is 12.5. The second-order valence-corrected chi connectivity index (χ2v) is 5.73. The van der Waals surface area contributed by atoms with Crippen molar-refractivity contribution in [2.24, 2.45) is 0 Å². The number of benzene rings is 3. The Morgan fingerprint density at radius 2 is 1.40 bits per heavy atom. The van der Waals surface area contributed by atoms with E-state index in [4.69, 9.17) is 9.47 Å². The van der Waals surface area contributed by atoms with Crippen molar-refractivity contribution in [1.29, 1.82) is 0 Å². The van der Waals surface area contributed by atoms with E-state index >= 15 is 0 Å². The fourth-order valence-electron chi connectivity index (χ4n) is 2.48. The zero-order chi connectivity index (χ0) is 17.6. The molecule has 126 valence electrons. The van der Waals surface area contributed by atoms with Gasteiger partial charge in [0.15, 0.2) is 5.78 Å². The predicted molar refractivity (Wildman–Crippen MR) is 98.7 cm³/mol. The topological polar surface area (TPSA) is 35.5 Å². The highest BCUT2D eigenvalue weighted by Crippen LogP contribution is 2.26. The van der Waals surface area contributed by atoms with Crippen LogP contribution in [0.25, 0.3) is 0 Å². The maximum atomic E-state index is 12.5. The quantitative estimate of drug-likeness (QED) is 0.566. The molecule has 0 spiro atoms. The first-order valence-electron chi connectivity index (χ1n) is 8.28. The average molecular weight is 332 g/mol. The molecule has 3 heteroatoms. The van der Waals surface area contributed by atoms with E-state index in [1.165, 1.54) is 0 Å². The Morgan fingerprint density at radius 3 is 2.04 bits per heavy atom. The van der Waals surface area contributed by atoms with Gasteiger partial charge in [-0.1, -0.05) is 35.9 Å². The third kappa shape index (κ3) is 4.27. The summed E-state index contributed by atoms with van der Waals surface area (Å²) in [7, 11) is 0. The molecule has 0 fully saturated rings. The Labute approximate surface area is 147 Å². The molecule has 0 atom stereocenters. The van der Waals surface area contributed by atoms with Crippen LogP contribution in [-0.4, -0.2) is 12.4 Å². The lowest BCUT2D eigenvalue weighted by atomic mass is 10.0. The highest BCUT2D eigenvalue weighted by Gasteiger charge is 2.09.